The van der Waals surface area contributed by atoms with Crippen molar-refractivity contribution in [1.29, 1.82) is 0 Å². The van der Waals surface area contributed by atoms with E-state index in [9.17, 15) is 16.8 Å². The molecule has 0 spiro atoms. The number of piperazine rings is 1. The van der Waals surface area contributed by atoms with E-state index in [1.54, 1.807) is 18.5 Å². The highest BCUT2D eigenvalue weighted by atomic mass is 32.2. The number of hydrogen-bond acceptors (Lipinski definition) is 7. The predicted octanol–water partition coefficient (Wildman–Crippen LogP) is 1.41. The van der Waals surface area contributed by atoms with Crippen LogP contribution in [0.5, 0.6) is 0 Å². The molecule has 11 heteroatoms. The van der Waals surface area contributed by atoms with Gasteiger partial charge in [0.15, 0.2) is 0 Å². The van der Waals surface area contributed by atoms with Crippen molar-refractivity contribution in [2.24, 2.45) is 5.92 Å². The van der Waals surface area contributed by atoms with E-state index in [2.05, 4.69) is 9.97 Å². The topological polar surface area (TPSA) is 104 Å². The number of piperidine rings is 1. The highest BCUT2D eigenvalue weighted by molar-refractivity contribution is 7.89. The minimum Gasteiger partial charge on any atom is -0.338 e. The summed E-state index contributed by atoms with van der Waals surface area (Å²) in [5.41, 5.74) is 0. The largest absolute Gasteiger partial charge is 0.338 e. The third-order valence-electron chi connectivity index (χ3n) is 5.79. The van der Waals surface area contributed by atoms with Gasteiger partial charge in [0, 0.05) is 51.7 Å². The van der Waals surface area contributed by atoms with E-state index < -0.39 is 20.0 Å². The molecular formula is C20H27N5O4S2. The first-order chi connectivity index (χ1) is 14.8. The number of benzene rings is 1. The van der Waals surface area contributed by atoms with E-state index in [1.165, 1.54) is 32.9 Å². The maximum absolute atomic E-state index is 13.1. The Balaban J connectivity index is 1.46. The molecule has 1 aromatic carbocycles. The fraction of sp³-hybridized carbons (Fsp3) is 0.500. The average Bonchev–Trinajstić information content (AvgIpc) is 2.80. The SMILES string of the molecule is C[C@H]1CCCN(S(=O)(=O)c2ccc(S(=O)(=O)N3CCN(c4ncccn4)CC3)cc2)C1. The zero-order valence-electron chi connectivity index (χ0n) is 17.5. The van der Waals surface area contributed by atoms with Gasteiger partial charge in [-0.05, 0) is 49.1 Å². The first kappa shape index (κ1) is 22.1. The van der Waals surface area contributed by atoms with Crippen LogP contribution in [-0.4, -0.2) is 74.7 Å². The highest BCUT2D eigenvalue weighted by Crippen LogP contribution is 2.25. The molecule has 9 nitrogen and oxygen atoms in total. The standard InChI is InChI=1S/C20H27N5O4S2/c1-17-4-2-11-25(16-17)31(28,29)19-7-5-18(6-8-19)30(26,27)24-14-12-23(13-15-24)20-21-9-3-10-22-20/h3,5-10,17H,2,4,11-16H2,1H3/t17-/m0/s1. The van der Waals surface area contributed by atoms with E-state index >= 15 is 0 Å². The van der Waals surface area contributed by atoms with Crippen LogP contribution in [0.3, 0.4) is 0 Å². The average molecular weight is 466 g/mol. The van der Waals surface area contributed by atoms with Gasteiger partial charge in [-0.2, -0.15) is 8.61 Å². The molecule has 2 saturated heterocycles. The number of hydrogen-bond donors (Lipinski definition) is 0. The first-order valence-electron chi connectivity index (χ1n) is 10.4. The maximum atomic E-state index is 13.1. The maximum Gasteiger partial charge on any atom is 0.243 e. The van der Waals surface area contributed by atoms with Crippen LogP contribution >= 0.6 is 0 Å². The second-order valence-electron chi connectivity index (χ2n) is 8.02. The van der Waals surface area contributed by atoms with Crippen molar-refractivity contribution in [3.63, 3.8) is 0 Å². The molecule has 2 fully saturated rings. The zero-order valence-corrected chi connectivity index (χ0v) is 19.1. The predicted molar refractivity (Wildman–Crippen MR) is 117 cm³/mol. The minimum atomic E-state index is -3.71. The molecule has 0 N–H and O–H groups in total. The highest BCUT2D eigenvalue weighted by Gasteiger charge is 2.31. The van der Waals surface area contributed by atoms with Crippen LogP contribution in [0.25, 0.3) is 0 Å². The molecule has 0 saturated carbocycles. The van der Waals surface area contributed by atoms with E-state index in [0.29, 0.717) is 51.1 Å². The lowest BCUT2D eigenvalue weighted by Gasteiger charge is -2.34. The van der Waals surface area contributed by atoms with Gasteiger partial charge in [-0.1, -0.05) is 6.92 Å². The molecule has 2 aliphatic heterocycles. The lowest BCUT2D eigenvalue weighted by molar-refractivity contribution is 0.281. The van der Waals surface area contributed by atoms with Crippen molar-refractivity contribution >= 4 is 26.0 Å². The lowest BCUT2D eigenvalue weighted by Crippen LogP contribution is -2.49. The van der Waals surface area contributed by atoms with Crippen LogP contribution in [0, 0.1) is 5.92 Å². The fourth-order valence-corrected chi connectivity index (χ4v) is 7.05. The smallest absolute Gasteiger partial charge is 0.243 e. The van der Waals surface area contributed by atoms with Gasteiger partial charge < -0.3 is 4.90 Å². The van der Waals surface area contributed by atoms with Crippen LogP contribution < -0.4 is 4.90 Å². The van der Waals surface area contributed by atoms with Gasteiger partial charge >= 0.3 is 0 Å². The normalized spacial score (nSPS) is 21.8. The first-order valence-corrected chi connectivity index (χ1v) is 13.3. The van der Waals surface area contributed by atoms with Gasteiger partial charge in [-0.25, -0.2) is 26.8 Å². The fourth-order valence-electron chi connectivity index (χ4n) is 4.03. The molecule has 0 unspecified atom stereocenters. The summed E-state index contributed by atoms with van der Waals surface area (Å²) in [6.45, 7) is 4.64. The Labute approximate surface area is 183 Å². The van der Waals surface area contributed by atoms with Crippen molar-refractivity contribution in [3.8, 4) is 0 Å². The number of aromatic nitrogens is 2. The van der Waals surface area contributed by atoms with E-state index in [-0.39, 0.29) is 9.79 Å². The van der Waals surface area contributed by atoms with Gasteiger partial charge in [-0.15, -0.1) is 0 Å². The summed E-state index contributed by atoms with van der Waals surface area (Å²) in [6, 6.07) is 7.32. The molecule has 0 bridgehead atoms. The molecule has 0 amide bonds. The molecular weight excluding hydrogens is 438 g/mol. The monoisotopic (exact) mass is 465 g/mol. The summed E-state index contributed by atoms with van der Waals surface area (Å²) in [6.07, 6.45) is 5.18. The Morgan fingerprint density at radius 1 is 0.806 bits per heavy atom. The lowest BCUT2D eigenvalue weighted by atomic mass is 10.0. The summed E-state index contributed by atoms with van der Waals surface area (Å²) in [5, 5.41) is 0. The molecule has 2 aromatic rings. The van der Waals surface area contributed by atoms with Crippen LogP contribution in [0.4, 0.5) is 5.95 Å². The molecule has 31 heavy (non-hydrogen) atoms. The van der Waals surface area contributed by atoms with Crippen molar-refractivity contribution < 1.29 is 16.8 Å². The minimum absolute atomic E-state index is 0.0999. The molecule has 0 radical (unpaired) electrons. The van der Waals surface area contributed by atoms with Gasteiger partial charge in [0.25, 0.3) is 0 Å². The number of rotatable bonds is 5. The number of sulfonamides is 2. The molecule has 2 aliphatic rings. The van der Waals surface area contributed by atoms with Gasteiger partial charge in [-0.3, -0.25) is 0 Å². The van der Waals surface area contributed by atoms with Crippen molar-refractivity contribution in [2.75, 3.05) is 44.2 Å². The molecule has 1 aromatic heterocycles. The van der Waals surface area contributed by atoms with Gasteiger partial charge in [0.05, 0.1) is 9.79 Å². The molecule has 4 rings (SSSR count). The summed E-state index contributed by atoms with van der Waals surface area (Å²) in [5.74, 6) is 0.907. The van der Waals surface area contributed by atoms with Crippen molar-refractivity contribution in [3.05, 3.63) is 42.7 Å². The van der Waals surface area contributed by atoms with Gasteiger partial charge in [0.1, 0.15) is 0 Å². The Hall–Kier alpha value is -2.08. The molecule has 1 atom stereocenters. The summed E-state index contributed by atoms with van der Waals surface area (Å²) < 4.78 is 54.8. The van der Waals surface area contributed by atoms with Crippen LogP contribution in [0.2, 0.25) is 0 Å². The van der Waals surface area contributed by atoms with Crippen molar-refractivity contribution in [1.82, 2.24) is 18.6 Å². The van der Waals surface area contributed by atoms with E-state index in [1.807, 2.05) is 11.8 Å². The summed E-state index contributed by atoms with van der Waals surface area (Å²) >= 11 is 0. The number of nitrogens with zero attached hydrogens (tertiary/aromatic N) is 5. The Morgan fingerprint density at radius 3 is 1.90 bits per heavy atom. The van der Waals surface area contributed by atoms with Gasteiger partial charge in [0.2, 0.25) is 26.0 Å². The van der Waals surface area contributed by atoms with Crippen molar-refractivity contribution in [2.45, 2.75) is 29.6 Å². The molecule has 3 heterocycles. The van der Waals surface area contributed by atoms with E-state index in [0.717, 1.165) is 12.8 Å². The Morgan fingerprint density at radius 2 is 1.35 bits per heavy atom. The number of anilines is 1. The third-order valence-corrected chi connectivity index (χ3v) is 9.58. The van der Waals surface area contributed by atoms with E-state index in [4.69, 9.17) is 0 Å². The van der Waals surface area contributed by atoms with Crippen LogP contribution in [0.15, 0.2) is 52.5 Å². The Bertz CT molecular complexity index is 1100. The Kier molecular flexibility index (Phi) is 6.29. The van der Waals surface area contributed by atoms with Crippen LogP contribution in [0.1, 0.15) is 19.8 Å². The quantitative estimate of drug-likeness (QED) is 0.658. The molecule has 0 aliphatic carbocycles. The summed E-state index contributed by atoms with van der Waals surface area (Å²) in [7, 11) is -7.32. The second kappa shape index (κ2) is 8.81. The zero-order chi connectivity index (χ0) is 22.1. The van der Waals surface area contributed by atoms with Crippen LogP contribution in [-0.2, 0) is 20.0 Å². The summed E-state index contributed by atoms with van der Waals surface area (Å²) in [4.78, 5) is 10.6. The third kappa shape index (κ3) is 4.59. The molecule has 168 valence electrons. The second-order valence-corrected chi connectivity index (χ2v) is 11.9.